The Bertz CT molecular complexity index is 605. The van der Waals surface area contributed by atoms with Crippen LogP contribution in [0.15, 0.2) is 18.2 Å². The van der Waals surface area contributed by atoms with E-state index in [1.807, 2.05) is 23.7 Å². The molecule has 2 aromatic rings. The molecule has 20 heavy (non-hydrogen) atoms. The number of anilines is 1. The van der Waals surface area contributed by atoms with Gasteiger partial charge in [0.05, 0.1) is 28.6 Å². The predicted octanol–water partition coefficient (Wildman–Crippen LogP) is 4.69. The van der Waals surface area contributed by atoms with Crippen LogP contribution >= 0.6 is 23.2 Å². The average molecular weight is 312 g/mol. The molecule has 108 valence electrons. The maximum atomic E-state index is 6.23. The highest BCUT2D eigenvalue weighted by Crippen LogP contribution is 2.29. The van der Waals surface area contributed by atoms with Gasteiger partial charge in [0, 0.05) is 11.6 Å². The van der Waals surface area contributed by atoms with E-state index in [1.165, 1.54) is 0 Å². The Labute approximate surface area is 129 Å². The molecule has 0 aliphatic heterocycles. The summed E-state index contributed by atoms with van der Waals surface area (Å²) < 4.78 is 2.01. The number of nitrogens with one attached hydrogen (secondary N) is 1. The molecular weight excluding hydrogens is 293 g/mol. The first-order valence-electron chi connectivity index (χ1n) is 6.80. The number of aromatic nitrogens is 2. The molecule has 0 aliphatic rings. The lowest BCUT2D eigenvalue weighted by atomic mass is 10.2. The van der Waals surface area contributed by atoms with Crippen LogP contribution in [-0.2, 0) is 19.5 Å². The smallest absolute Gasteiger partial charge is 0.0641 e. The molecule has 0 radical (unpaired) electrons. The van der Waals surface area contributed by atoms with Crippen molar-refractivity contribution in [3.05, 3.63) is 45.2 Å². The summed E-state index contributed by atoms with van der Waals surface area (Å²) in [5.41, 5.74) is 4.09. The Morgan fingerprint density at radius 2 is 1.90 bits per heavy atom. The number of aryl methyl sites for hydroxylation is 3. The lowest BCUT2D eigenvalue weighted by Gasteiger charge is -2.11. The molecule has 0 saturated heterocycles. The van der Waals surface area contributed by atoms with Gasteiger partial charge in [0.2, 0.25) is 0 Å². The minimum Gasteiger partial charge on any atom is -0.378 e. The van der Waals surface area contributed by atoms with Crippen molar-refractivity contribution >= 4 is 28.9 Å². The van der Waals surface area contributed by atoms with Crippen LogP contribution < -0.4 is 5.32 Å². The molecule has 0 spiro atoms. The average Bonchev–Trinajstić information content (AvgIpc) is 2.84. The van der Waals surface area contributed by atoms with Crippen molar-refractivity contribution in [2.24, 2.45) is 0 Å². The van der Waals surface area contributed by atoms with Gasteiger partial charge in [-0.1, -0.05) is 30.1 Å². The minimum atomic E-state index is 0.681. The third-order valence-corrected chi connectivity index (χ3v) is 4.00. The van der Waals surface area contributed by atoms with Gasteiger partial charge < -0.3 is 5.32 Å². The summed E-state index contributed by atoms with van der Waals surface area (Å²) in [5.74, 6) is 0. The zero-order valence-corrected chi connectivity index (χ0v) is 13.5. The molecule has 3 nitrogen and oxygen atoms in total. The quantitative estimate of drug-likeness (QED) is 0.868. The number of benzene rings is 1. The van der Waals surface area contributed by atoms with Gasteiger partial charge in [-0.2, -0.15) is 5.10 Å². The first-order chi connectivity index (χ1) is 9.55. The van der Waals surface area contributed by atoms with Gasteiger partial charge >= 0.3 is 0 Å². The van der Waals surface area contributed by atoms with Crippen LogP contribution in [0.2, 0.25) is 10.0 Å². The van der Waals surface area contributed by atoms with Gasteiger partial charge in [0.15, 0.2) is 0 Å². The van der Waals surface area contributed by atoms with E-state index in [0.29, 0.717) is 11.6 Å². The second-order valence-electron chi connectivity index (χ2n) is 4.73. The summed E-state index contributed by atoms with van der Waals surface area (Å²) in [7, 11) is 0. The lowest BCUT2D eigenvalue weighted by molar-refractivity contribution is 0.619. The number of hydrogen-bond donors (Lipinski definition) is 1. The van der Waals surface area contributed by atoms with Gasteiger partial charge in [-0.25, -0.2) is 0 Å². The molecular formula is C15H19Cl2N3. The molecule has 0 unspecified atom stereocenters. The molecule has 0 saturated carbocycles. The zero-order valence-electron chi connectivity index (χ0n) is 12.0. The summed E-state index contributed by atoms with van der Waals surface area (Å²) in [6.07, 6.45) is 0.942. The topological polar surface area (TPSA) is 29.9 Å². The summed E-state index contributed by atoms with van der Waals surface area (Å²) in [5, 5.41) is 9.27. The maximum absolute atomic E-state index is 6.23. The number of rotatable bonds is 5. The van der Waals surface area contributed by atoms with Crippen molar-refractivity contribution in [2.75, 3.05) is 5.32 Å². The Morgan fingerprint density at radius 1 is 1.15 bits per heavy atom. The van der Waals surface area contributed by atoms with Crippen molar-refractivity contribution in [1.82, 2.24) is 9.78 Å². The van der Waals surface area contributed by atoms with Gasteiger partial charge in [-0.15, -0.1) is 0 Å². The number of halogens is 2. The summed E-state index contributed by atoms with van der Waals surface area (Å²) in [6.45, 7) is 7.68. The van der Waals surface area contributed by atoms with E-state index in [9.17, 15) is 0 Å². The SMILES string of the molecule is CCc1cc(CNc2cc(Cl)c(C)cc2Cl)n(CC)n1. The highest BCUT2D eigenvalue weighted by molar-refractivity contribution is 6.35. The van der Waals surface area contributed by atoms with Crippen LogP contribution in [0.4, 0.5) is 5.69 Å². The number of hydrogen-bond acceptors (Lipinski definition) is 2. The molecule has 0 amide bonds. The fraction of sp³-hybridized carbons (Fsp3) is 0.400. The molecule has 1 N–H and O–H groups in total. The third-order valence-electron chi connectivity index (χ3n) is 3.28. The van der Waals surface area contributed by atoms with Crippen molar-refractivity contribution in [3.63, 3.8) is 0 Å². The van der Waals surface area contributed by atoms with E-state index in [1.54, 1.807) is 0 Å². The molecule has 0 fully saturated rings. The monoisotopic (exact) mass is 311 g/mol. The minimum absolute atomic E-state index is 0.681. The van der Waals surface area contributed by atoms with E-state index < -0.39 is 0 Å². The largest absolute Gasteiger partial charge is 0.378 e. The molecule has 2 rings (SSSR count). The van der Waals surface area contributed by atoms with E-state index in [-0.39, 0.29) is 0 Å². The Hall–Kier alpha value is -1.19. The highest BCUT2D eigenvalue weighted by atomic mass is 35.5. The van der Waals surface area contributed by atoms with Gasteiger partial charge in [-0.05, 0) is 44.0 Å². The number of nitrogens with zero attached hydrogens (tertiary/aromatic N) is 2. The summed E-state index contributed by atoms with van der Waals surface area (Å²) in [4.78, 5) is 0. The molecule has 0 atom stereocenters. The molecule has 1 heterocycles. The normalized spacial score (nSPS) is 10.8. The molecule has 0 bridgehead atoms. The van der Waals surface area contributed by atoms with E-state index in [0.717, 1.165) is 40.6 Å². The van der Waals surface area contributed by atoms with Gasteiger partial charge in [0.1, 0.15) is 0 Å². The van der Waals surface area contributed by atoms with Crippen LogP contribution in [0, 0.1) is 6.92 Å². The second kappa shape index (κ2) is 6.51. The summed E-state index contributed by atoms with van der Waals surface area (Å²) >= 11 is 12.4. The first-order valence-corrected chi connectivity index (χ1v) is 7.55. The third kappa shape index (κ3) is 3.28. The van der Waals surface area contributed by atoms with Crippen LogP contribution in [0.25, 0.3) is 0 Å². The van der Waals surface area contributed by atoms with Gasteiger partial charge in [-0.3, -0.25) is 4.68 Å². The Kier molecular flexibility index (Phi) is 4.95. The maximum Gasteiger partial charge on any atom is 0.0641 e. The fourth-order valence-corrected chi connectivity index (χ4v) is 2.52. The van der Waals surface area contributed by atoms with Crippen molar-refractivity contribution in [2.45, 2.75) is 40.3 Å². The second-order valence-corrected chi connectivity index (χ2v) is 5.55. The summed E-state index contributed by atoms with van der Waals surface area (Å²) in [6, 6.07) is 5.87. The van der Waals surface area contributed by atoms with Crippen LogP contribution in [0.3, 0.4) is 0 Å². The van der Waals surface area contributed by atoms with Crippen molar-refractivity contribution < 1.29 is 0 Å². The van der Waals surface area contributed by atoms with Gasteiger partial charge in [0.25, 0.3) is 0 Å². The van der Waals surface area contributed by atoms with Crippen LogP contribution in [0.1, 0.15) is 30.8 Å². The molecule has 0 aliphatic carbocycles. The van der Waals surface area contributed by atoms with Crippen molar-refractivity contribution in [1.29, 1.82) is 0 Å². The first kappa shape index (κ1) is 15.2. The zero-order chi connectivity index (χ0) is 14.7. The Morgan fingerprint density at radius 3 is 2.55 bits per heavy atom. The molecule has 1 aromatic heterocycles. The van der Waals surface area contributed by atoms with E-state index in [2.05, 4.69) is 30.3 Å². The van der Waals surface area contributed by atoms with Crippen molar-refractivity contribution in [3.8, 4) is 0 Å². The van der Waals surface area contributed by atoms with E-state index >= 15 is 0 Å². The van der Waals surface area contributed by atoms with Crippen LogP contribution in [0.5, 0.6) is 0 Å². The fourth-order valence-electron chi connectivity index (χ4n) is 2.07. The lowest BCUT2D eigenvalue weighted by Crippen LogP contribution is -2.08. The molecule has 1 aromatic carbocycles. The highest BCUT2D eigenvalue weighted by Gasteiger charge is 2.08. The van der Waals surface area contributed by atoms with E-state index in [4.69, 9.17) is 23.2 Å². The predicted molar refractivity (Wildman–Crippen MR) is 85.8 cm³/mol. The standard InChI is InChI=1S/C15H19Cl2N3/c1-4-11-7-12(20(5-2)19-11)9-18-15-8-13(16)10(3)6-14(15)17/h6-8,18H,4-5,9H2,1-3H3. The molecule has 5 heteroatoms. The van der Waals surface area contributed by atoms with Crippen LogP contribution in [-0.4, -0.2) is 9.78 Å². The Balaban J connectivity index is 2.16.